The number of fused-ring (bicyclic) bond motifs is 3. The molecule has 0 aliphatic carbocycles. The molecule has 6 rings (SSSR count). The largest absolute Gasteiger partial charge is 0.399 e. The zero-order valence-electron chi connectivity index (χ0n) is 17.6. The first kappa shape index (κ1) is 18.5. The monoisotopic (exact) mass is 410 g/mol. The minimum Gasteiger partial charge on any atom is -0.399 e. The minimum atomic E-state index is 0.778. The fourth-order valence-electron chi connectivity index (χ4n) is 4.72. The molecular weight excluding hydrogens is 388 g/mol. The number of benzene rings is 5. The normalized spacial score (nSPS) is 11.2. The summed E-state index contributed by atoms with van der Waals surface area (Å²) in [5.74, 6) is 0. The molecule has 0 amide bonds. The van der Waals surface area contributed by atoms with Crippen LogP contribution in [-0.4, -0.2) is 4.57 Å². The van der Waals surface area contributed by atoms with Crippen LogP contribution in [0.3, 0.4) is 0 Å². The predicted octanol–water partition coefficient (Wildman–Crippen LogP) is 7.70. The summed E-state index contributed by atoms with van der Waals surface area (Å²) in [5.41, 5.74) is 15.3. The Labute approximate surface area is 187 Å². The number of nitrogen functional groups attached to an aromatic ring is 1. The lowest BCUT2D eigenvalue weighted by atomic mass is 9.95. The molecular formula is C30H22N2. The average Bonchev–Trinajstić information content (AvgIpc) is 3.18. The van der Waals surface area contributed by atoms with Crippen molar-refractivity contribution >= 4 is 27.5 Å². The number of nitrogens with two attached hydrogens (primary N) is 1. The highest BCUT2D eigenvalue weighted by Gasteiger charge is 2.19. The Bertz CT molecular complexity index is 1500. The van der Waals surface area contributed by atoms with Gasteiger partial charge in [-0.2, -0.15) is 0 Å². The standard InChI is InChI=1S/C30H22N2/c31-23-18-19-29-27(20-23)26-14-7-8-17-28(26)32(29)30-24(21-10-3-1-4-11-21)15-9-16-25(30)22-12-5-2-6-13-22/h1-20H,31H2. The minimum absolute atomic E-state index is 0.778. The Hall–Kier alpha value is -4.30. The van der Waals surface area contributed by atoms with E-state index in [-0.39, 0.29) is 0 Å². The van der Waals surface area contributed by atoms with Crippen LogP contribution in [0.1, 0.15) is 0 Å². The fraction of sp³-hybridized carbons (Fsp3) is 0. The van der Waals surface area contributed by atoms with Gasteiger partial charge in [0.15, 0.2) is 0 Å². The van der Waals surface area contributed by atoms with Gasteiger partial charge in [-0.15, -0.1) is 0 Å². The number of aromatic nitrogens is 1. The van der Waals surface area contributed by atoms with Crippen molar-refractivity contribution in [3.8, 4) is 27.9 Å². The average molecular weight is 411 g/mol. The van der Waals surface area contributed by atoms with Crippen molar-refractivity contribution in [1.29, 1.82) is 0 Å². The van der Waals surface area contributed by atoms with Gasteiger partial charge in [0.1, 0.15) is 0 Å². The van der Waals surface area contributed by atoms with Crippen molar-refractivity contribution in [2.75, 3.05) is 5.73 Å². The summed E-state index contributed by atoms with van der Waals surface area (Å²) in [5, 5.41) is 2.37. The molecule has 0 radical (unpaired) electrons. The maximum absolute atomic E-state index is 6.20. The fourth-order valence-corrected chi connectivity index (χ4v) is 4.72. The Morgan fingerprint density at radius 3 is 1.69 bits per heavy atom. The molecule has 0 aliphatic heterocycles. The van der Waals surface area contributed by atoms with Crippen molar-refractivity contribution < 1.29 is 0 Å². The van der Waals surface area contributed by atoms with Crippen molar-refractivity contribution in [3.05, 3.63) is 121 Å². The molecule has 32 heavy (non-hydrogen) atoms. The van der Waals surface area contributed by atoms with Crippen LogP contribution < -0.4 is 5.73 Å². The van der Waals surface area contributed by atoms with Crippen LogP contribution in [0.15, 0.2) is 121 Å². The molecule has 0 bridgehead atoms. The van der Waals surface area contributed by atoms with E-state index in [0.717, 1.165) is 11.2 Å². The van der Waals surface area contributed by atoms with Gasteiger partial charge in [-0.1, -0.05) is 97.1 Å². The molecule has 2 N–H and O–H groups in total. The van der Waals surface area contributed by atoms with E-state index in [4.69, 9.17) is 5.73 Å². The second kappa shape index (κ2) is 7.44. The third-order valence-electron chi connectivity index (χ3n) is 6.13. The van der Waals surface area contributed by atoms with Gasteiger partial charge in [-0.3, -0.25) is 0 Å². The van der Waals surface area contributed by atoms with Gasteiger partial charge < -0.3 is 10.3 Å². The van der Waals surface area contributed by atoms with Gasteiger partial charge in [0.2, 0.25) is 0 Å². The van der Waals surface area contributed by atoms with E-state index in [0.29, 0.717) is 0 Å². The second-order valence-corrected chi connectivity index (χ2v) is 8.06. The SMILES string of the molecule is Nc1ccc2c(c1)c1ccccc1n2-c1c(-c2ccccc2)cccc1-c1ccccc1. The number of nitrogens with zero attached hydrogens (tertiary/aromatic N) is 1. The Morgan fingerprint density at radius 1 is 0.469 bits per heavy atom. The zero-order valence-corrected chi connectivity index (χ0v) is 17.6. The lowest BCUT2D eigenvalue weighted by Crippen LogP contribution is -2.00. The van der Waals surface area contributed by atoms with E-state index < -0.39 is 0 Å². The van der Waals surface area contributed by atoms with Crippen LogP contribution >= 0.6 is 0 Å². The number of rotatable bonds is 3. The highest BCUT2D eigenvalue weighted by atomic mass is 15.0. The smallest absolute Gasteiger partial charge is 0.0618 e. The summed E-state index contributed by atoms with van der Waals surface area (Å²) in [6, 6.07) is 42.6. The van der Waals surface area contributed by atoms with Crippen molar-refractivity contribution in [1.82, 2.24) is 4.57 Å². The van der Waals surface area contributed by atoms with E-state index in [9.17, 15) is 0 Å². The maximum atomic E-state index is 6.20. The van der Waals surface area contributed by atoms with Gasteiger partial charge in [0.05, 0.1) is 16.7 Å². The molecule has 1 aromatic heterocycles. The lowest BCUT2D eigenvalue weighted by molar-refractivity contribution is 1.18. The molecule has 0 unspecified atom stereocenters. The first-order chi connectivity index (χ1) is 15.8. The summed E-state index contributed by atoms with van der Waals surface area (Å²) in [6.45, 7) is 0. The highest BCUT2D eigenvalue weighted by Crippen LogP contribution is 2.41. The Morgan fingerprint density at radius 2 is 1.03 bits per heavy atom. The molecule has 1 heterocycles. The van der Waals surface area contributed by atoms with Crippen molar-refractivity contribution in [2.45, 2.75) is 0 Å². The number of para-hydroxylation sites is 2. The van der Waals surface area contributed by atoms with Crippen molar-refractivity contribution in [3.63, 3.8) is 0 Å². The molecule has 6 aromatic rings. The Kier molecular flexibility index (Phi) is 4.29. The van der Waals surface area contributed by atoms with Gasteiger partial charge in [0, 0.05) is 27.6 Å². The molecule has 0 saturated carbocycles. The van der Waals surface area contributed by atoms with E-state index in [1.165, 1.54) is 44.2 Å². The van der Waals surface area contributed by atoms with Crippen LogP contribution in [0, 0.1) is 0 Å². The highest BCUT2D eigenvalue weighted by molar-refractivity contribution is 6.11. The number of hydrogen-bond donors (Lipinski definition) is 1. The van der Waals surface area contributed by atoms with Crippen LogP contribution in [0.4, 0.5) is 5.69 Å². The van der Waals surface area contributed by atoms with Crippen LogP contribution in [-0.2, 0) is 0 Å². The first-order valence-electron chi connectivity index (χ1n) is 10.8. The van der Waals surface area contributed by atoms with Gasteiger partial charge in [-0.25, -0.2) is 0 Å². The summed E-state index contributed by atoms with van der Waals surface area (Å²) in [6.07, 6.45) is 0. The zero-order chi connectivity index (χ0) is 21.5. The third kappa shape index (κ3) is 2.89. The molecule has 0 saturated heterocycles. The quantitative estimate of drug-likeness (QED) is 0.298. The van der Waals surface area contributed by atoms with E-state index >= 15 is 0 Å². The Balaban J connectivity index is 1.81. The summed E-state index contributed by atoms with van der Waals surface area (Å²) >= 11 is 0. The van der Waals surface area contributed by atoms with Gasteiger partial charge in [0.25, 0.3) is 0 Å². The molecule has 2 nitrogen and oxygen atoms in total. The van der Waals surface area contributed by atoms with Crippen LogP contribution in [0.5, 0.6) is 0 Å². The molecule has 0 atom stereocenters. The van der Waals surface area contributed by atoms with Crippen LogP contribution in [0.2, 0.25) is 0 Å². The van der Waals surface area contributed by atoms with E-state index in [1.54, 1.807) is 0 Å². The predicted molar refractivity (Wildman–Crippen MR) is 136 cm³/mol. The third-order valence-corrected chi connectivity index (χ3v) is 6.13. The molecule has 0 fully saturated rings. The summed E-state index contributed by atoms with van der Waals surface area (Å²) in [4.78, 5) is 0. The van der Waals surface area contributed by atoms with Crippen molar-refractivity contribution in [2.24, 2.45) is 0 Å². The molecule has 5 aromatic carbocycles. The topological polar surface area (TPSA) is 30.9 Å². The van der Waals surface area contributed by atoms with Gasteiger partial charge in [-0.05, 0) is 35.4 Å². The molecule has 2 heteroatoms. The van der Waals surface area contributed by atoms with E-state index in [1.807, 2.05) is 6.07 Å². The maximum Gasteiger partial charge on any atom is 0.0618 e. The molecule has 0 aliphatic rings. The second-order valence-electron chi connectivity index (χ2n) is 8.06. The van der Waals surface area contributed by atoms with Crippen LogP contribution in [0.25, 0.3) is 49.7 Å². The number of hydrogen-bond acceptors (Lipinski definition) is 1. The van der Waals surface area contributed by atoms with E-state index in [2.05, 4.69) is 120 Å². The van der Waals surface area contributed by atoms with Gasteiger partial charge >= 0.3 is 0 Å². The lowest BCUT2D eigenvalue weighted by Gasteiger charge is -2.19. The number of anilines is 1. The summed E-state index contributed by atoms with van der Waals surface area (Å²) < 4.78 is 2.40. The molecule has 152 valence electrons. The first-order valence-corrected chi connectivity index (χ1v) is 10.8. The molecule has 0 spiro atoms. The summed E-state index contributed by atoms with van der Waals surface area (Å²) in [7, 11) is 0.